The summed E-state index contributed by atoms with van der Waals surface area (Å²) in [5.74, 6) is 0.715. The molecule has 0 heterocycles. The van der Waals surface area contributed by atoms with Crippen LogP contribution in [0, 0.1) is 0 Å². The van der Waals surface area contributed by atoms with Crippen LogP contribution in [-0.2, 0) is 6.18 Å². The summed E-state index contributed by atoms with van der Waals surface area (Å²) in [6.45, 7) is 0.728. The van der Waals surface area contributed by atoms with Crippen LogP contribution in [0.3, 0.4) is 0 Å². The van der Waals surface area contributed by atoms with Crippen LogP contribution in [0.5, 0.6) is 5.75 Å². The topological polar surface area (TPSA) is 47.3 Å². The Kier molecular flexibility index (Phi) is 4.57. The van der Waals surface area contributed by atoms with Crippen molar-refractivity contribution in [2.45, 2.75) is 6.18 Å². The van der Waals surface area contributed by atoms with E-state index in [1.165, 1.54) is 12.1 Å². The van der Waals surface area contributed by atoms with Gasteiger partial charge in [-0.3, -0.25) is 0 Å². The first-order valence-corrected chi connectivity index (χ1v) is 6.35. The lowest BCUT2D eigenvalue weighted by Gasteiger charge is -2.13. The van der Waals surface area contributed by atoms with Crippen molar-refractivity contribution in [1.29, 1.82) is 0 Å². The SMILES string of the molecule is Nc1ccc(NCCOc2ccccc2)cc1C(F)(F)F. The van der Waals surface area contributed by atoms with E-state index in [0.717, 1.165) is 6.07 Å². The molecule has 3 N–H and O–H groups in total. The molecular formula is C15H15F3N2O. The van der Waals surface area contributed by atoms with Gasteiger partial charge in [-0.15, -0.1) is 0 Å². The Morgan fingerprint density at radius 3 is 2.43 bits per heavy atom. The zero-order valence-corrected chi connectivity index (χ0v) is 11.2. The first-order valence-electron chi connectivity index (χ1n) is 6.35. The first-order chi connectivity index (χ1) is 9.97. The third kappa shape index (κ3) is 4.30. The Morgan fingerprint density at radius 1 is 1.05 bits per heavy atom. The van der Waals surface area contributed by atoms with Gasteiger partial charge in [0, 0.05) is 17.9 Å². The summed E-state index contributed by atoms with van der Waals surface area (Å²) in [7, 11) is 0. The largest absolute Gasteiger partial charge is 0.492 e. The van der Waals surface area contributed by atoms with Gasteiger partial charge in [0.1, 0.15) is 12.4 Å². The molecule has 2 rings (SSSR count). The van der Waals surface area contributed by atoms with Gasteiger partial charge in [0.05, 0.1) is 5.56 Å². The van der Waals surface area contributed by atoms with E-state index in [-0.39, 0.29) is 5.69 Å². The van der Waals surface area contributed by atoms with E-state index in [1.54, 1.807) is 0 Å². The fraction of sp³-hybridized carbons (Fsp3) is 0.200. The monoisotopic (exact) mass is 296 g/mol. The number of alkyl halides is 3. The Balaban J connectivity index is 1.89. The minimum atomic E-state index is -4.46. The molecule has 0 bridgehead atoms. The molecule has 0 amide bonds. The number of ether oxygens (including phenoxy) is 1. The van der Waals surface area contributed by atoms with Gasteiger partial charge in [-0.2, -0.15) is 13.2 Å². The number of anilines is 2. The van der Waals surface area contributed by atoms with Crippen LogP contribution in [0.15, 0.2) is 48.5 Å². The molecule has 2 aromatic carbocycles. The second-order valence-corrected chi connectivity index (χ2v) is 4.39. The maximum absolute atomic E-state index is 12.7. The highest BCUT2D eigenvalue weighted by molar-refractivity contribution is 5.58. The van der Waals surface area contributed by atoms with E-state index in [2.05, 4.69) is 5.32 Å². The highest BCUT2D eigenvalue weighted by Crippen LogP contribution is 2.35. The molecule has 21 heavy (non-hydrogen) atoms. The predicted molar refractivity (Wildman–Crippen MR) is 76.3 cm³/mol. The molecule has 0 aliphatic carbocycles. The molecular weight excluding hydrogens is 281 g/mol. The van der Waals surface area contributed by atoms with Crippen LogP contribution in [0.1, 0.15) is 5.56 Å². The molecule has 0 fully saturated rings. The van der Waals surface area contributed by atoms with Gasteiger partial charge in [-0.05, 0) is 30.3 Å². The standard InChI is InChI=1S/C15H15F3N2O/c16-15(17,18)13-10-11(6-7-14(13)19)20-8-9-21-12-4-2-1-3-5-12/h1-7,10,20H,8-9,19H2. The summed E-state index contributed by atoms with van der Waals surface area (Å²) >= 11 is 0. The maximum Gasteiger partial charge on any atom is 0.418 e. The number of nitrogens with two attached hydrogens (primary N) is 1. The van der Waals surface area contributed by atoms with Gasteiger partial charge >= 0.3 is 6.18 Å². The van der Waals surface area contributed by atoms with Crippen molar-refractivity contribution in [1.82, 2.24) is 0 Å². The lowest BCUT2D eigenvalue weighted by Crippen LogP contribution is -2.13. The van der Waals surface area contributed by atoms with Gasteiger partial charge in [0.25, 0.3) is 0 Å². The van der Waals surface area contributed by atoms with E-state index < -0.39 is 11.7 Å². The third-order valence-electron chi connectivity index (χ3n) is 2.80. The smallest absolute Gasteiger partial charge is 0.418 e. The van der Waals surface area contributed by atoms with Crippen molar-refractivity contribution >= 4 is 11.4 Å². The summed E-state index contributed by atoms with van der Waals surface area (Å²) in [6, 6.07) is 12.9. The van der Waals surface area contributed by atoms with Gasteiger partial charge in [-0.25, -0.2) is 0 Å². The molecule has 0 saturated heterocycles. The normalized spacial score (nSPS) is 11.2. The van der Waals surface area contributed by atoms with E-state index in [9.17, 15) is 13.2 Å². The zero-order chi connectivity index (χ0) is 15.3. The summed E-state index contributed by atoms with van der Waals surface area (Å²) in [5, 5.41) is 2.87. The highest BCUT2D eigenvalue weighted by Gasteiger charge is 2.33. The number of hydrogen-bond donors (Lipinski definition) is 2. The number of nitrogens with one attached hydrogen (secondary N) is 1. The molecule has 6 heteroatoms. The van der Waals surface area contributed by atoms with Crippen LogP contribution >= 0.6 is 0 Å². The Hall–Kier alpha value is -2.37. The van der Waals surface area contributed by atoms with Crippen molar-refractivity contribution < 1.29 is 17.9 Å². The van der Waals surface area contributed by atoms with Gasteiger partial charge < -0.3 is 15.8 Å². The molecule has 0 spiro atoms. The third-order valence-corrected chi connectivity index (χ3v) is 2.80. The van der Waals surface area contributed by atoms with Crippen LogP contribution < -0.4 is 15.8 Å². The van der Waals surface area contributed by atoms with Crippen molar-refractivity contribution in [2.24, 2.45) is 0 Å². The van der Waals surface area contributed by atoms with Crippen LogP contribution in [0.25, 0.3) is 0 Å². The number of rotatable bonds is 5. The quantitative estimate of drug-likeness (QED) is 0.652. The molecule has 0 radical (unpaired) electrons. The van der Waals surface area contributed by atoms with E-state index in [1.807, 2.05) is 30.3 Å². The fourth-order valence-corrected chi connectivity index (χ4v) is 1.79. The molecule has 0 aliphatic rings. The maximum atomic E-state index is 12.7. The molecule has 0 atom stereocenters. The minimum Gasteiger partial charge on any atom is -0.492 e. The van der Waals surface area contributed by atoms with E-state index in [0.29, 0.717) is 24.6 Å². The number of hydrogen-bond acceptors (Lipinski definition) is 3. The van der Waals surface area contributed by atoms with Gasteiger partial charge in [0.2, 0.25) is 0 Å². The second-order valence-electron chi connectivity index (χ2n) is 4.39. The van der Waals surface area contributed by atoms with Gasteiger partial charge in [0.15, 0.2) is 0 Å². The zero-order valence-electron chi connectivity index (χ0n) is 11.2. The molecule has 0 saturated carbocycles. The van der Waals surface area contributed by atoms with Gasteiger partial charge in [-0.1, -0.05) is 18.2 Å². The van der Waals surface area contributed by atoms with Crippen molar-refractivity contribution in [3.63, 3.8) is 0 Å². The average molecular weight is 296 g/mol. The molecule has 0 aliphatic heterocycles. The van der Waals surface area contributed by atoms with E-state index in [4.69, 9.17) is 10.5 Å². The summed E-state index contributed by atoms with van der Waals surface area (Å²) < 4.78 is 43.6. The number of nitrogen functional groups attached to an aromatic ring is 1. The highest BCUT2D eigenvalue weighted by atomic mass is 19.4. The Labute approximate surface area is 120 Å². The van der Waals surface area contributed by atoms with Crippen molar-refractivity contribution in [3.8, 4) is 5.75 Å². The molecule has 2 aromatic rings. The lowest BCUT2D eigenvalue weighted by atomic mass is 10.1. The number of halogens is 3. The predicted octanol–water partition coefficient (Wildman–Crippen LogP) is 3.78. The van der Waals surface area contributed by atoms with Crippen molar-refractivity contribution in [3.05, 3.63) is 54.1 Å². The van der Waals surface area contributed by atoms with Crippen LogP contribution in [0.2, 0.25) is 0 Å². The second kappa shape index (κ2) is 6.39. The Bertz CT molecular complexity index is 585. The van der Waals surface area contributed by atoms with Crippen LogP contribution in [0.4, 0.5) is 24.5 Å². The molecule has 3 nitrogen and oxygen atoms in total. The van der Waals surface area contributed by atoms with Crippen molar-refractivity contribution in [2.75, 3.05) is 24.2 Å². The fourth-order valence-electron chi connectivity index (χ4n) is 1.79. The average Bonchev–Trinajstić information content (AvgIpc) is 2.45. The van der Waals surface area contributed by atoms with Crippen LogP contribution in [-0.4, -0.2) is 13.2 Å². The summed E-state index contributed by atoms with van der Waals surface area (Å²) in [5.41, 5.74) is 4.57. The number of para-hydroxylation sites is 1. The summed E-state index contributed by atoms with van der Waals surface area (Å²) in [4.78, 5) is 0. The molecule has 112 valence electrons. The Morgan fingerprint density at radius 2 is 1.76 bits per heavy atom. The number of benzene rings is 2. The molecule has 0 aromatic heterocycles. The summed E-state index contributed by atoms with van der Waals surface area (Å²) in [6.07, 6.45) is -4.46. The minimum absolute atomic E-state index is 0.284. The van der Waals surface area contributed by atoms with E-state index >= 15 is 0 Å². The molecule has 0 unspecified atom stereocenters. The lowest BCUT2D eigenvalue weighted by molar-refractivity contribution is -0.136. The first kappa shape index (κ1) is 15.0.